The smallest absolute Gasteiger partial charge is 0.395 e. The molecule has 5 aromatic rings. The normalized spacial score (nSPS) is 11.9. The standard InChI is InChI=1S/C31H25ClN2O6/c32-23-11-8-21(9-12-23)22-10-15-27-25(17-22)28(33)29(39-27)31(38)40-34(18-20-4-2-1-3-5-20)26(30(36)37)16-19-6-13-24(35)14-7-19/h1-15,17,26,35H,16,18,33H2,(H,36,37)/t26-/m0/s1. The van der Waals surface area contributed by atoms with E-state index in [0.29, 0.717) is 21.6 Å². The third-order valence-electron chi connectivity index (χ3n) is 6.47. The molecule has 5 rings (SSSR count). The minimum atomic E-state index is -1.24. The molecule has 0 saturated heterocycles. The predicted molar refractivity (Wildman–Crippen MR) is 152 cm³/mol. The van der Waals surface area contributed by atoms with Crippen LogP contribution in [0, 0.1) is 0 Å². The van der Waals surface area contributed by atoms with Crippen LogP contribution in [0.4, 0.5) is 5.69 Å². The van der Waals surface area contributed by atoms with Crippen molar-refractivity contribution in [1.82, 2.24) is 5.06 Å². The molecule has 0 aliphatic carbocycles. The van der Waals surface area contributed by atoms with Crippen LogP contribution < -0.4 is 5.73 Å². The Morgan fingerprint density at radius 1 is 0.900 bits per heavy atom. The van der Waals surface area contributed by atoms with Crippen molar-refractivity contribution in [2.75, 3.05) is 5.73 Å². The fraction of sp³-hybridized carbons (Fsp3) is 0.0968. The van der Waals surface area contributed by atoms with Crippen LogP contribution in [0.3, 0.4) is 0 Å². The molecule has 0 amide bonds. The highest BCUT2D eigenvalue weighted by atomic mass is 35.5. The number of aliphatic carboxylic acids is 1. The van der Waals surface area contributed by atoms with E-state index in [1.807, 2.05) is 24.3 Å². The summed E-state index contributed by atoms with van der Waals surface area (Å²) >= 11 is 6.01. The van der Waals surface area contributed by atoms with Gasteiger partial charge in [0.25, 0.3) is 0 Å². The fourth-order valence-corrected chi connectivity index (χ4v) is 4.50. The van der Waals surface area contributed by atoms with Crippen LogP contribution in [-0.4, -0.2) is 33.3 Å². The van der Waals surface area contributed by atoms with E-state index in [-0.39, 0.29) is 30.2 Å². The van der Waals surface area contributed by atoms with Crippen molar-refractivity contribution in [2.24, 2.45) is 0 Å². The van der Waals surface area contributed by atoms with E-state index in [4.69, 9.17) is 26.6 Å². The molecule has 0 aliphatic heterocycles. The SMILES string of the molecule is Nc1c(C(=O)ON(Cc2ccccc2)[C@@H](Cc2ccc(O)cc2)C(=O)O)oc2ccc(-c3ccc(Cl)cc3)cc12. The average molecular weight is 557 g/mol. The summed E-state index contributed by atoms with van der Waals surface area (Å²) in [6, 6.07) is 26.6. The van der Waals surface area contributed by atoms with Crippen molar-refractivity contribution in [3.63, 3.8) is 0 Å². The van der Waals surface area contributed by atoms with Gasteiger partial charge in [-0.15, -0.1) is 5.06 Å². The van der Waals surface area contributed by atoms with E-state index in [9.17, 15) is 19.8 Å². The van der Waals surface area contributed by atoms with Gasteiger partial charge in [-0.1, -0.05) is 72.3 Å². The largest absolute Gasteiger partial charge is 0.508 e. The van der Waals surface area contributed by atoms with Gasteiger partial charge in [0.15, 0.2) is 0 Å². The molecule has 1 aromatic heterocycles. The average Bonchev–Trinajstić information content (AvgIpc) is 3.29. The van der Waals surface area contributed by atoms with E-state index in [1.54, 1.807) is 60.7 Å². The van der Waals surface area contributed by atoms with Gasteiger partial charge in [0.2, 0.25) is 5.76 Å². The topological polar surface area (TPSA) is 126 Å². The van der Waals surface area contributed by atoms with Crippen LogP contribution in [0.25, 0.3) is 22.1 Å². The number of nitrogen functional groups attached to an aromatic ring is 1. The Morgan fingerprint density at radius 3 is 2.25 bits per heavy atom. The van der Waals surface area contributed by atoms with Crippen LogP contribution in [0.1, 0.15) is 21.7 Å². The number of hydrogen-bond donors (Lipinski definition) is 3. The van der Waals surface area contributed by atoms with Gasteiger partial charge in [-0.2, -0.15) is 0 Å². The summed E-state index contributed by atoms with van der Waals surface area (Å²) in [5.41, 5.74) is 9.93. The molecule has 1 atom stereocenters. The molecule has 202 valence electrons. The van der Waals surface area contributed by atoms with Crippen LogP contribution in [0.5, 0.6) is 5.75 Å². The lowest BCUT2D eigenvalue weighted by atomic mass is 10.0. The third-order valence-corrected chi connectivity index (χ3v) is 6.72. The van der Waals surface area contributed by atoms with Crippen LogP contribution >= 0.6 is 11.6 Å². The molecule has 0 fully saturated rings. The second kappa shape index (κ2) is 11.5. The minimum Gasteiger partial charge on any atom is -0.508 e. The number of halogens is 1. The van der Waals surface area contributed by atoms with Crippen LogP contribution in [0.2, 0.25) is 5.02 Å². The molecule has 4 aromatic carbocycles. The van der Waals surface area contributed by atoms with Gasteiger partial charge in [0, 0.05) is 16.8 Å². The van der Waals surface area contributed by atoms with Crippen molar-refractivity contribution in [2.45, 2.75) is 19.0 Å². The van der Waals surface area contributed by atoms with E-state index in [0.717, 1.165) is 21.8 Å². The monoisotopic (exact) mass is 556 g/mol. The maximum absolute atomic E-state index is 13.4. The zero-order valence-corrected chi connectivity index (χ0v) is 21.9. The Labute approximate surface area is 234 Å². The summed E-state index contributed by atoms with van der Waals surface area (Å²) in [7, 11) is 0. The summed E-state index contributed by atoms with van der Waals surface area (Å²) < 4.78 is 5.77. The molecule has 0 saturated carbocycles. The first-order valence-corrected chi connectivity index (χ1v) is 12.8. The molecular weight excluding hydrogens is 532 g/mol. The number of phenolic OH excluding ortho intramolecular Hbond substituents is 1. The summed E-state index contributed by atoms with van der Waals surface area (Å²) in [5.74, 6) is -2.28. The molecule has 0 unspecified atom stereocenters. The first kappa shape index (κ1) is 26.8. The molecule has 0 spiro atoms. The third kappa shape index (κ3) is 5.93. The highest BCUT2D eigenvalue weighted by Gasteiger charge is 2.32. The molecule has 9 heteroatoms. The predicted octanol–water partition coefficient (Wildman–Crippen LogP) is 6.31. The molecule has 40 heavy (non-hydrogen) atoms. The highest BCUT2D eigenvalue weighted by molar-refractivity contribution is 6.30. The zero-order chi connectivity index (χ0) is 28.2. The maximum Gasteiger partial charge on any atom is 0.395 e. The lowest BCUT2D eigenvalue weighted by molar-refractivity contribution is -0.175. The van der Waals surface area contributed by atoms with Gasteiger partial charge in [-0.25, -0.2) is 4.79 Å². The van der Waals surface area contributed by atoms with Crippen LogP contribution in [0.15, 0.2) is 101 Å². The van der Waals surface area contributed by atoms with Crippen molar-refractivity contribution in [3.05, 3.63) is 119 Å². The van der Waals surface area contributed by atoms with E-state index in [1.165, 1.54) is 12.1 Å². The number of nitrogens with two attached hydrogens (primary N) is 1. The number of benzene rings is 4. The van der Waals surface area contributed by atoms with E-state index < -0.39 is 18.0 Å². The molecule has 0 aliphatic rings. The number of carbonyl (C=O) groups is 2. The number of hydroxylamine groups is 2. The molecule has 0 radical (unpaired) electrons. The number of carboxylic acid groups (broad SMARTS) is 1. The molecule has 0 bridgehead atoms. The summed E-state index contributed by atoms with van der Waals surface area (Å²) in [5, 5.41) is 22.0. The minimum absolute atomic E-state index is 0.00246. The maximum atomic E-state index is 13.4. The lowest BCUT2D eigenvalue weighted by Gasteiger charge is -2.27. The number of nitrogens with zero attached hydrogens (tertiary/aromatic N) is 1. The quantitative estimate of drug-likeness (QED) is 0.180. The number of rotatable bonds is 9. The summed E-state index contributed by atoms with van der Waals surface area (Å²) in [6.45, 7) is 0.00246. The lowest BCUT2D eigenvalue weighted by Crippen LogP contribution is -2.43. The molecular formula is C31H25ClN2O6. The first-order chi connectivity index (χ1) is 19.3. The number of anilines is 1. The second-order valence-electron chi connectivity index (χ2n) is 9.23. The van der Waals surface area contributed by atoms with E-state index >= 15 is 0 Å². The van der Waals surface area contributed by atoms with Crippen LogP contribution in [-0.2, 0) is 22.6 Å². The summed E-state index contributed by atoms with van der Waals surface area (Å²) in [4.78, 5) is 31.4. The number of aromatic hydroxyl groups is 1. The first-order valence-electron chi connectivity index (χ1n) is 12.4. The number of furan rings is 1. The summed E-state index contributed by atoms with van der Waals surface area (Å²) in [6.07, 6.45) is 0.00971. The fourth-order valence-electron chi connectivity index (χ4n) is 4.38. The number of carboxylic acids is 1. The Hall–Kier alpha value is -4.79. The highest BCUT2D eigenvalue weighted by Crippen LogP contribution is 2.33. The molecule has 1 heterocycles. The number of hydrogen-bond acceptors (Lipinski definition) is 7. The van der Waals surface area contributed by atoms with Crippen molar-refractivity contribution in [1.29, 1.82) is 0 Å². The molecule has 4 N–H and O–H groups in total. The van der Waals surface area contributed by atoms with Gasteiger partial charge in [-0.05, 0) is 58.7 Å². The number of phenols is 1. The van der Waals surface area contributed by atoms with Crippen molar-refractivity contribution >= 4 is 40.2 Å². The van der Waals surface area contributed by atoms with E-state index in [2.05, 4.69) is 0 Å². The van der Waals surface area contributed by atoms with Gasteiger partial charge < -0.3 is 25.2 Å². The van der Waals surface area contributed by atoms with Gasteiger partial charge in [-0.3, -0.25) is 4.79 Å². The Bertz CT molecular complexity index is 1650. The number of carbonyl (C=O) groups excluding carboxylic acids is 1. The van der Waals surface area contributed by atoms with Gasteiger partial charge in [0.05, 0.1) is 12.2 Å². The number of fused-ring (bicyclic) bond motifs is 1. The van der Waals surface area contributed by atoms with Gasteiger partial charge in [0.1, 0.15) is 17.4 Å². The Morgan fingerprint density at radius 2 is 1.57 bits per heavy atom. The van der Waals surface area contributed by atoms with Gasteiger partial charge >= 0.3 is 11.9 Å². The Kier molecular flexibility index (Phi) is 7.72. The van der Waals surface area contributed by atoms with Crippen molar-refractivity contribution in [3.8, 4) is 16.9 Å². The second-order valence-corrected chi connectivity index (χ2v) is 9.66. The molecule has 8 nitrogen and oxygen atoms in total. The van der Waals surface area contributed by atoms with Crippen molar-refractivity contribution < 1.29 is 29.1 Å². The Balaban J connectivity index is 1.45. The zero-order valence-electron chi connectivity index (χ0n) is 21.2.